The zero-order valence-corrected chi connectivity index (χ0v) is 11.5. The second-order valence-electron chi connectivity index (χ2n) is 4.64. The van der Waals surface area contributed by atoms with E-state index in [9.17, 15) is 22.4 Å². The minimum Gasteiger partial charge on any atom is -0.391 e. The van der Waals surface area contributed by atoms with Gasteiger partial charge in [-0.25, -0.2) is 4.39 Å². The minimum absolute atomic E-state index is 0.0711. The molecule has 1 aromatic rings. The highest BCUT2D eigenvalue weighted by Crippen LogP contribution is 2.30. The van der Waals surface area contributed by atoms with Crippen molar-refractivity contribution in [3.05, 3.63) is 35.1 Å². The third kappa shape index (κ3) is 3.66. The van der Waals surface area contributed by atoms with Gasteiger partial charge in [0.25, 0.3) is 5.91 Å². The molecule has 0 spiro atoms. The molecule has 0 unspecified atom stereocenters. The van der Waals surface area contributed by atoms with Gasteiger partial charge in [-0.2, -0.15) is 13.2 Å². The molecule has 1 rings (SSSR count). The number of alkyl halides is 3. The highest BCUT2D eigenvalue weighted by Gasteiger charge is 2.33. The summed E-state index contributed by atoms with van der Waals surface area (Å²) < 4.78 is 51.1. The maximum absolute atomic E-state index is 13.5. The van der Waals surface area contributed by atoms with Gasteiger partial charge in [0, 0.05) is 0 Å². The molecule has 0 radical (unpaired) electrons. The number of hydrogen-bond donors (Lipinski definition) is 2. The first-order chi connectivity index (χ1) is 8.95. The van der Waals surface area contributed by atoms with Gasteiger partial charge in [-0.1, -0.05) is 12.2 Å². The van der Waals surface area contributed by atoms with E-state index in [1.165, 1.54) is 13.8 Å². The molecule has 0 saturated heterocycles. The van der Waals surface area contributed by atoms with Crippen LogP contribution >= 0.6 is 12.2 Å². The summed E-state index contributed by atoms with van der Waals surface area (Å²) >= 11 is 4.71. The van der Waals surface area contributed by atoms with Crippen LogP contribution in [0, 0.1) is 5.82 Å². The maximum atomic E-state index is 13.5. The van der Waals surface area contributed by atoms with Crippen LogP contribution in [-0.4, -0.2) is 16.4 Å². The third-order valence-electron chi connectivity index (χ3n) is 2.58. The summed E-state index contributed by atoms with van der Waals surface area (Å²) in [6.07, 6.45) is -4.67. The van der Waals surface area contributed by atoms with Gasteiger partial charge in [-0.15, -0.1) is 0 Å². The third-order valence-corrected chi connectivity index (χ3v) is 3.09. The number of nitrogens with two attached hydrogens (primary N) is 1. The number of rotatable bonds is 3. The van der Waals surface area contributed by atoms with Crippen LogP contribution in [0.4, 0.5) is 17.6 Å². The molecule has 1 amide bonds. The molecule has 0 heterocycles. The number of carbonyl (C=O) groups excluding carboxylic acids is 1. The standard InChI is InChI=1S/C12H12F4N2OS/c1-11(2,10(17)20)18-9(19)7-5-6(12(14,15)16)3-4-8(7)13/h3-5H,1-2H3,(H2,17,20)(H,18,19). The number of thiocarbonyl (C=S) groups is 1. The Morgan fingerprint density at radius 2 is 1.85 bits per heavy atom. The molecule has 1 aromatic carbocycles. The molecule has 110 valence electrons. The van der Waals surface area contributed by atoms with E-state index < -0.39 is 34.6 Å². The van der Waals surface area contributed by atoms with Gasteiger partial charge in [0.1, 0.15) is 5.82 Å². The van der Waals surface area contributed by atoms with Crippen molar-refractivity contribution < 1.29 is 22.4 Å². The van der Waals surface area contributed by atoms with Crippen LogP contribution in [0.25, 0.3) is 0 Å². The summed E-state index contributed by atoms with van der Waals surface area (Å²) in [6.45, 7) is 2.91. The normalized spacial score (nSPS) is 12.1. The van der Waals surface area contributed by atoms with Crippen LogP contribution < -0.4 is 11.1 Å². The molecule has 0 saturated carbocycles. The highest BCUT2D eigenvalue weighted by atomic mass is 32.1. The van der Waals surface area contributed by atoms with Crippen molar-refractivity contribution >= 4 is 23.1 Å². The Kier molecular flexibility index (Phi) is 4.38. The average Bonchev–Trinajstić information content (AvgIpc) is 2.26. The highest BCUT2D eigenvalue weighted by molar-refractivity contribution is 7.80. The molecule has 0 atom stereocenters. The predicted molar refractivity (Wildman–Crippen MR) is 69.7 cm³/mol. The first-order valence-electron chi connectivity index (χ1n) is 5.44. The largest absolute Gasteiger partial charge is 0.416 e. The van der Waals surface area contributed by atoms with E-state index in [0.717, 1.165) is 0 Å². The van der Waals surface area contributed by atoms with Crippen molar-refractivity contribution in [2.45, 2.75) is 25.6 Å². The molecule has 0 bridgehead atoms. The fourth-order valence-corrected chi connectivity index (χ4v) is 1.34. The molecule has 0 aliphatic heterocycles. The van der Waals surface area contributed by atoms with Crippen molar-refractivity contribution in [1.29, 1.82) is 0 Å². The van der Waals surface area contributed by atoms with Crippen molar-refractivity contribution in [2.75, 3.05) is 0 Å². The lowest BCUT2D eigenvalue weighted by atomic mass is 10.0. The topological polar surface area (TPSA) is 55.1 Å². The van der Waals surface area contributed by atoms with Gasteiger partial charge in [0.15, 0.2) is 0 Å². The van der Waals surface area contributed by atoms with Crippen LogP contribution in [0.2, 0.25) is 0 Å². The quantitative estimate of drug-likeness (QED) is 0.667. The van der Waals surface area contributed by atoms with E-state index in [4.69, 9.17) is 18.0 Å². The summed E-state index contributed by atoms with van der Waals surface area (Å²) in [7, 11) is 0. The molecular formula is C12H12F4N2OS. The second kappa shape index (κ2) is 5.35. The Balaban J connectivity index is 3.14. The number of amides is 1. The summed E-state index contributed by atoms with van der Waals surface area (Å²) in [5.41, 5.74) is 2.40. The van der Waals surface area contributed by atoms with Crippen LogP contribution in [0.15, 0.2) is 18.2 Å². The van der Waals surface area contributed by atoms with E-state index in [-0.39, 0.29) is 4.99 Å². The van der Waals surface area contributed by atoms with Crippen LogP contribution in [-0.2, 0) is 6.18 Å². The van der Waals surface area contributed by atoms with Crippen molar-refractivity contribution in [1.82, 2.24) is 5.32 Å². The Hall–Kier alpha value is -1.70. The van der Waals surface area contributed by atoms with Gasteiger partial charge >= 0.3 is 6.18 Å². The first-order valence-corrected chi connectivity index (χ1v) is 5.85. The zero-order chi connectivity index (χ0) is 15.7. The van der Waals surface area contributed by atoms with Crippen LogP contribution in [0.1, 0.15) is 29.8 Å². The number of hydrogen-bond acceptors (Lipinski definition) is 2. The zero-order valence-electron chi connectivity index (χ0n) is 10.6. The summed E-state index contributed by atoms with van der Waals surface area (Å²) in [5.74, 6) is -2.08. The van der Waals surface area contributed by atoms with E-state index in [1.54, 1.807) is 0 Å². The van der Waals surface area contributed by atoms with Crippen LogP contribution in [0.3, 0.4) is 0 Å². The Morgan fingerprint density at radius 3 is 2.30 bits per heavy atom. The first kappa shape index (κ1) is 16.4. The summed E-state index contributed by atoms with van der Waals surface area (Å²) in [5, 5.41) is 2.28. The van der Waals surface area contributed by atoms with Crippen molar-refractivity contribution in [3.63, 3.8) is 0 Å². The Bertz CT molecular complexity index is 555. The predicted octanol–water partition coefficient (Wildman–Crippen LogP) is 2.64. The number of carbonyl (C=O) groups is 1. The second-order valence-corrected chi connectivity index (χ2v) is 5.08. The molecular weight excluding hydrogens is 296 g/mol. The molecule has 3 N–H and O–H groups in total. The number of benzene rings is 1. The smallest absolute Gasteiger partial charge is 0.391 e. The Labute approximate surface area is 118 Å². The molecule has 0 aliphatic carbocycles. The van der Waals surface area contributed by atoms with Gasteiger partial charge in [-0.3, -0.25) is 4.79 Å². The maximum Gasteiger partial charge on any atom is 0.416 e. The van der Waals surface area contributed by atoms with Crippen LogP contribution in [0.5, 0.6) is 0 Å². The fourth-order valence-electron chi connectivity index (χ4n) is 1.29. The summed E-state index contributed by atoms with van der Waals surface area (Å²) in [4.78, 5) is 11.8. The lowest BCUT2D eigenvalue weighted by Crippen LogP contribution is -2.52. The molecule has 8 heteroatoms. The molecule has 0 aliphatic rings. The van der Waals surface area contributed by atoms with E-state index in [1.807, 2.05) is 0 Å². The fraction of sp³-hybridized carbons (Fsp3) is 0.333. The van der Waals surface area contributed by atoms with Gasteiger partial charge in [0.2, 0.25) is 0 Å². The molecule has 20 heavy (non-hydrogen) atoms. The minimum atomic E-state index is -4.67. The van der Waals surface area contributed by atoms with E-state index in [2.05, 4.69) is 5.32 Å². The van der Waals surface area contributed by atoms with Gasteiger partial charge in [-0.05, 0) is 32.0 Å². The monoisotopic (exact) mass is 308 g/mol. The molecule has 3 nitrogen and oxygen atoms in total. The number of nitrogens with one attached hydrogen (secondary N) is 1. The van der Waals surface area contributed by atoms with Gasteiger partial charge < -0.3 is 11.1 Å². The Morgan fingerprint density at radius 1 is 1.30 bits per heavy atom. The van der Waals surface area contributed by atoms with E-state index in [0.29, 0.717) is 18.2 Å². The van der Waals surface area contributed by atoms with Crippen molar-refractivity contribution in [2.24, 2.45) is 5.73 Å². The SMILES string of the molecule is CC(C)(NC(=O)c1cc(C(F)(F)F)ccc1F)C(N)=S. The van der Waals surface area contributed by atoms with E-state index >= 15 is 0 Å². The summed E-state index contributed by atoms with van der Waals surface area (Å²) in [6, 6.07) is 1.59. The number of halogens is 4. The lowest BCUT2D eigenvalue weighted by Gasteiger charge is -2.25. The molecule has 0 fully saturated rings. The average molecular weight is 308 g/mol. The van der Waals surface area contributed by atoms with Crippen molar-refractivity contribution in [3.8, 4) is 0 Å². The molecule has 0 aromatic heterocycles. The van der Waals surface area contributed by atoms with Gasteiger partial charge in [0.05, 0.1) is 21.7 Å². The lowest BCUT2D eigenvalue weighted by molar-refractivity contribution is -0.137.